The van der Waals surface area contributed by atoms with Crippen molar-refractivity contribution < 1.29 is 32.2 Å². The van der Waals surface area contributed by atoms with Crippen LogP contribution in [0.5, 0.6) is 0 Å². The largest absolute Gasteiger partial charge is 0.444 e. The topological polar surface area (TPSA) is 103 Å². The number of rotatable bonds is 8. The second-order valence-electron chi connectivity index (χ2n) is 5.87. The lowest BCUT2D eigenvalue weighted by molar-refractivity contribution is -0.0777. The van der Waals surface area contributed by atoms with E-state index in [1.165, 1.54) is 7.11 Å². The minimum atomic E-state index is -4.09. The van der Waals surface area contributed by atoms with Gasteiger partial charge in [-0.3, -0.25) is 0 Å². The molecule has 0 aromatic heterocycles. The van der Waals surface area contributed by atoms with Crippen molar-refractivity contribution in [1.29, 1.82) is 0 Å². The van der Waals surface area contributed by atoms with Crippen LogP contribution in [-0.4, -0.2) is 71.0 Å². The quantitative estimate of drug-likeness (QED) is 0.689. The molecule has 0 bridgehead atoms. The first-order chi connectivity index (χ1) is 13.0. The monoisotopic (exact) mass is 402 g/mol. The van der Waals surface area contributed by atoms with Crippen LogP contribution in [0.4, 0.5) is 4.79 Å². The molecule has 1 aliphatic heterocycles. The SMILES string of the molecule is CCOC[C@H]1OCCN(S(=O)(=O)NC(=O)OCc2ccccc2)C[C@@H]1OC. The second kappa shape index (κ2) is 10.6. The predicted molar refractivity (Wildman–Crippen MR) is 97.3 cm³/mol. The molecule has 0 saturated carbocycles. The van der Waals surface area contributed by atoms with Crippen molar-refractivity contribution in [1.82, 2.24) is 9.03 Å². The average molecular weight is 402 g/mol. The van der Waals surface area contributed by atoms with Crippen molar-refractivity contribution >= 4 is 16.3 Å². The molecule has 10 heteroatoms. The summed E-state index contributed by atoms with van der Waals surface area (Å²) in [7, 11) is -2.61. The van der Waals surface area contributed by atoms with Gasteiger partial charge < -0.3 is 18.9 Å². The number of hydrogen-bond acceptors (Lipinski definition) is 7. The Morgan fingerprint density at radius 3 is 2.74 bits per heavy atom. The molecule has 1 fully saturated rings. The fourth-order valence-electron chi connectivity index (χ4n) is 2.58. The average Bonchev–Trinajstić information content (AvgIpc) is 2.88. The molecule has 152 valence electrons. The van der Waals surface area contributed by atoms with Crippen molar-refractivity contribution in [2.45, 2.75) is 25.7 Å². The van der Waals surface area contributed by atoms with Gasteiger partial charge in [-0.05, 0) is 12.5 Å². The van der Waals surface area contributed by atoms with Gasteiger partial charge in [-0.2, -0.15) is 12.7 Å². The number of carbonyl (C=O) groups is 1. The smallest absolute Gasteiger partial charge is 0.422 e. The van der Waals surface area contributed by atoms with E-state index in [1.54, 1.807) is 24.3 Å². The van der Waals surface area contributed by atoms with Gasteiger partial charge in [0, 0.05) is 26.8 Å². The third-order valence-corrected chi connectivity index (χ3v) is 5.46. The Labute approximate surface area is 159 Å². The van der Waals surface area contributed by atoms with E-state index in [0.717, 1.165) is 9.87 Å². The summed E-state index contributed by atoms with van der Waals surface area (Å²) in [5.74, 6) is 0. The van der Waals surface area contributed by atoms with Gasteiger partial charge in [-0.1, -0.05) is 30.3 Å². The highest BCUT2D eigenvalue weighted by Gasteiger charge is 2.34. The molecule has 27 heavy (non-hydrogen) atoms. The summed E-state index contributed by atoms with van der Waals surface area (Å²) >= 11 is 0. The fraction of sp³-hybridized carbons (Fsp3) is 0.588. The first kappa shape index (κ1) is 21.6. The number of benzene rings is 1. The van der Waals surface area contributed by atoms with Crippen molar-refractivity contribution in [2.75, 3.05) is 40.0 Å². The summed E-state index contributed by atoms with van der Waals surface area (Å²) in [5, 5.41) is 0. The van der Waals surface area contributed by atoms with E-state index < -0.39 is 22.4 Å². The third kappa shape index (κ3) is 6.74. The standard InChI is InChI=1S/C17H26N2O7S/c1-3-24-13-16-15(23-2)11-19(9-10-25-16)27(21,22)18-17(20)26-12-14-7-5-4-6-8-14/h4-8,15-16H,3,9-13H2,1-2H3,(H,18,20)/t15-,16+/m0/s1. The first-order valence-corrected chi connectivity index (χ1v) is 10.1. The molecule has 1 heterocycles. The summed E-state index contributed by atoms with van der Waals surface area (Å²) in [6, 6.07) is 8.98. The van der Waals surface area contributed by atoms with E-state index in [1.807, 2.05) is 17.7 Å². The molecule has 1 aromatic rings. The summed E-state index contributed by atoms with van der Waals surface area (Å²) in [5.41, 5.74) is 0.756. The van der Waals surface area contributed by atoms with Gasteiger partial charge in [-0.15, -0.1) is 0 Å². The molecule has 2 rings (SSSR count). The van der Waals surface area contributed by atoms with E-state index in [9.17, 15) is 13.2 Å². The van der Waals surface area contributed by atoms with Gasteiger partial charge in [0.15, 0.2) is 0 Å². The molecule has 2 atom stereocenters. The van der Waals surface area contributed by atoms with Crippen LogP contribution in [-0.2, 0) is 35.8 Å². The highest BCUT2D eigenvalue weighted by atomic mass is 32.2. The Bertz CT molecular complexity index is 684. The summed E-state index contributed by atoms with van der Waals surface area (Å²) < 4.78 is 49.4. The molecule has 1 aromatic carbocycles. The van der Waals surface area contributed by atoms with Crippen molar-refractivity contribution in [3.63, 3.8) is 0 Å². The molecule has 1 saturated heterocycles. The molecule has 9 nitrogen and oxygen atoms in total. The molecule has 0 radical (unpaired) electrons. The number of carbonyl (C=O) groups excluding carboxylic acids is 1. The van der Waals surface area contributed by atoms with Gasteiger partial charge >= 0.3 is 16.3 Å². The fourth-order valence-corrected chi connectivity index (χ4v) is 3.64. The number of nitrogens with zero attached hydrogens (tertiary/aromatic N) is 1. The van der Waals surface area contributed by atoms with Crippen LogP contribution in [0.25, 0.3) is 0 Å². The number of amides is 1. The van der Waals surface area contributed by atoms with Crippen LogP contribution in [0.15, 0.2) is 30.3 Å². The minimum Gasteiger partial charge on any atom is -0.444 e. The summed E-state index contributed by atoms with van der Waals surface area (Å²) in [6.07, 6.45) is -1.94. The summed E-state index contributed by atoms with van der Waals surface area (Å²) in [4.78, 5) is 11.9. The predicted octanol–water partition coefficient (Wildman–Crippen LogP) is 0.910. The van der Waals surface area contributed by atoms with Gasteiger partial charge in [-0.25, -0.2) is 9.52 Å². The Balaban J connectivity index is 1.93. The lowest BCUT2D eigenvalue weighted by atomic mass is 10.2. The number of methoxy groups -OCH3 is 1. The molecule has 1 amide bonds. The highest BCUT2D eigenvalue weighted by molar-refractivity contribution is 7.87. The number of hydrogen-bond donors (Lipinski definition) is 1. The zero-order valence-corrected chi connectivity index (χ0v) is 16.3. The molecule has 0 spiro atoms. The normalized spacial score (nSPS) is 21.4. The number of nitrogens with one attached hydrogen (secondary N) is 1. The van der Waals surface area contributed by atoms with Crippen molar-refractivity contribution in [3.8, 4) is 0 Å². The van der Waals surface area contributed by atoms with Crippen LogP contribution in [0, 0.1) is 0 Å². The maximum Gasteiger partial charge on any atom is 0.422 e. The first-order valence-electron chi connectivity index (χ1n) is 8.67. The highest BCUT2D eigenvalue weighted by Crippen LogP contribution is 2.14. The lowest BCUT2D eigenvalue weighted by Gasteiger charge is -2.25. The van der Waals surface area contributed by atoms with E-state index in [0.29, 0.717) is 13.2 Å². The number of ether oxygens (including phenoxy) is 4. The van der Waals surface area contributed by atoms with Crippen molar-refractivity contribution in [2.24, 2.45) is 0 Å². The second-order valence-corrected chi connectivity index (χ2v) is 7.54. The van der Waals surface area contributed by atoms with Gasteiger partial charge in [0.1, 0.15) is 12.7 Å². The molecule has 0 unspecified atom stereocenters. The molecular formula is C17H26N2O7S. The van der Waals surface area contributed by atoms with Crippen LogP contribution in [0.1, 0.15) is 12.5 Å². The van der Waals surface area contributed by atoms with E-state index in [4.69, 9.17) is 18.9 Å². The van der Waals surface area contributed by atoms with Gasteiger partial charge in [0.2, 0.25) is 0 Å². The third-order valence-electron chi connectivity index (χ3n) is 4.02. The zero-order chi connectivity index (χ0) is 19.7. The van der Waals surface area contributed by atoms with E-state index in [2.05, 4.69) is 0 Å². The molecular weight excluding hydrogens is 376 g/mol. The van der Waals surface area contributed by atoms with E-state index in [-0.39, 0.29) is 32.4 Å². The van der Waals surface area contributed by atoms with Crippen LogP contribution < -0.4 is 4.72 Å². The van der Waals surface area contributed by atoms with Crippen LogP contribution in [0.3, 0.4) is 0 Å². The van der Waals surface area contributed by atoms with E-state index >= 15 is 0 Å². The molecule has 1 N–H and O–H groups in total. The zero-order valence-electron chi connectivity index (χ0n) is 15.5. The Hall–Kier alpha value is -1.72. The summed E-state index contributed by atoms with van der Waals surface area (Å²) in [6.45, 7) is 2.95. The Morgan fingerprint density at radius 1 is 1.33 bits per heavy atom. The van der Waals surface area contributed by atoms with Gasteiger partial charge in [0.05, 0.1) is 19.3 Å². The lowest BCUT2D eigenvalue weighted by Crippen LogP contribution is -2.48. The Kier molecular flexibility index (Phi) is 8.45. The minimum absolute atomic E-state index is 0.0254. The van der Waals surface area contributed by atoms with Gasteiger partial charge in [0.25, 0.3) is 0 Å². The molecule has 1 aliphatic rings. The maximum atomic E-state index is 12.5. The Morgan fingerprint density at radius 2 is 2.07 bits per heavy atom. The molecule has 0 aliphatic carbocycles. The van der Waals surface area contributed by atoms with Crippen LogP contribution >= 0.6 is 0 Å². The van der Waals surface area contributed by atoms with Crippen molar-refractivity contribution in [3.05, 3.63) is 35.9 Å². The maximum absolute atomic E-state index is 12.5. The van der Waals surface area contributed by atoms with Crippen LogP contribution in [0.2, 0.25) is 0 Å².